The van der Waals surface area contributed by atoms with Crippen LogP contribution in [-0.2, 0) is 0 Å². The summed E-state index contributed by atoms with van der Waals surface area (Å²) >= 11 is 0. The third-order valence-corrected chi connectivity index (χ3v) is 1.80. The fraction of sp³-hybridized carbons (Fsp3) is 0.500. The van der Waals surface area contributed by atoms with Gasteiger partial charge in [0.15, 0.2) is 0 Å². The highest BCUT2D eigenvalue weighted by molar-refractivity contribution is 5.08. The van der Waals surface area contributed by atoms with E-state index < -0.39 is 0 Å². The first-order valence-electron chi connectivity index (χ1n) is 3.91. The van der Waals surface area contributed by atoms with Gasteiger partial charge in [0, 0.05) is 24.0 Å². The number of hydrogen-bond acceptors (Lipinski definition) is 3. The first-order chi connectivity index (χ1) is 5.61. The molecule has 1 rings (SSSR count). The van der Waals surface area contributed by atoms with Crippen molar-refractivity contribution in [2.75, 3.05) is 0 Å². The Balaban J connectivity index is 2.89. The van der Waals surface area contributed by atoms with Crippen molar-refractivity contribution in [1.82, 2.24) is 9.97 Å². The summed E-state index contributed by atoms with van der Waals surface area (Å²) in [6.07, 6.45) is 3.13. The van der Waals surface area contributed by atoms with Gasteiger partial charge in [-0.2, -0.15) is 0 Å². The molecule has 1 aromatic rings. The third-order valence-electron chi connectivity index (χ3n) is 1.80. The topological polar surface area (TPSA) is 71.8 Å². The van der Waals surface area contributed by atoms with Gasteiger partial charge in [0.25, 0.3) is 0 Å². The molecule has 0 aliphatic rings. The molecule has 0 fully saturated rings. The molecular formula is C8H13N3O. The van der Waals surface area contributed by atoms with Gasteiger partial charge in [-0.1, -0.05) is 13.8 Å². The number of aromatic amines is 1. The fourth-order valence-corrected chi connectivity index (χ4v) is 0.920. The molecule has 0 aliphatic carbocycles. The Labute approximate surface area is 70.8 Å². The quantitative estimate of drug-likeness (QED) is 0.670. The highest BCUT2D eigenvalue weighted by atomic mass is 16.1. The SMILES string of the molecule is CC(C)C(N)c1cnc(=O)[nH]c1. The molecule has 0 spiro atoms. The Morgan fingerprint density at radius 1 is 1.58 bits per heavy atom. The molecule has 3 N–H and O–H groups in total. The number of nitrogens with two attached hydrogens (primary N) is 1. The molecule has 1 atom stereocenters. The van der Waals surface area contributed by atoms with Gasteiger partial charge in [0.05, 0.1) is 0 Å². The Morgan fingerprint density at radius 3 is 2.67 bits per heavy atom. The Kier molecular flexibility index (Phi) is 2.60. The Hall–Kier alpha value is -1.16. The van der Waals surface area contributed by atoms with E-state index in [-0.39, 0.29) is 11.7 Å². The van der Waals surface area contributed by atoms with Crippen LogP contribution in [0.1, 0.15) is 25.5 Å². The minimum atomic E-state index is -0.338. The van der Waals surface area contributed by atoms with Crippen LogP contribution in [0.15, 0.2) is 17.2 Å². The standard InChI is InChI=1S/C8H13N3O/c1-5(2)7(9)6-3-10-8(12)11-4-6/h3-5,7H,9H2,1-2H3,(H,10,11,12). The monoisotopic (exact) mass is 167 g/mol. The molecule has 66 valence electrons. The highest BCUT2D eigenvalue weighted by Gasteiger charge is 2.09. The summed E-state index contributed by atoms with van der Waals surface area (Å²) in [5.74, 6) is 0.345. The first-order valence-corrected chi connectivity index (χ1v) is 3.91. The third kappa shape index (κ3) is 1.92. The van der Waals surface area contributed by atoms with Gasteiger partial charge in [0.2, 0.25) is 0 Å². The van der Waals surface area contributed by atoms with Gasteiger partial charge in [0.1, 0.15) is 0 Å². The molecule has 0 saturated heterocycles. The van der Waals surface area contributed by atoms with E-state index in [0.29, 0.717) is 5.92 Å². The number of nitrogens with one attached hydrogen (secondary N) is 1. The van der Waals surface area contributed by atoms with E-state index in [0.717, 1.165) is 5.56 Å². The summed E-state index contributed by atoms with van der Waals surface area (Å²) < 4.78 is 0. The summed E-state index contributed by atoms with van der Waals surface area (Å²) in [6.45, 7) is 4.05. The molecule has 12 heavy (non-hydrogen) atoms. The lowest BCUT2D eigenvalue weighted by Crippen LogP contribution is -2.19. The maximum atomic E-state index is 10.6. The zero-order valence-electron chi connectivity index (χ0n) is 7.24. The van der Waals surface area contributed by atoms with Crippen LogP contribution in [0.2, 0.25) is 0 Å². The van der Waals surface area contributed by atoms with Crippen LogP contribution < -0.4 is 11.4 Å². The Bertz CT molecular complexity index is 285. The van der Waals surface area contributed by atoms with Crippen molar-refractivity contribution in [1.29, 1.82) is 0 Å². The number of aromatic nitrogens is 2. The lowest BCUT2D eigenvalue weighted by Gasteiger charge is -2.14. The van der Waals surface area contributed by atoms with Crippen molar-refractivity contribution in [2.45, 2.75) is 19.9 Å². The van der Waals surface area contributed by atoms with Crippen LogP contribution in [-0.4, -0.2) is 9.97 Å². The molecule has 4 heteroatoms. The van der Waals surface area contributed by atoms with E-state index >= 15 is 0 Å². The minimum absolute atomic E-state index is 0.0608. The minimum Gasteiger partial charge on any atom is -0.324 e. The fourth-order valence-electron chi connectivity index (χ4n) is 0.920. The second-order valence-corrected chi connectivity index (χ2v) is 3.12. The van der Waals surface area contributed by atoms with Crippen LogP contribution >= 0.6 is 0 Å². The van der Waals surface area contributed by atoms with E-state index in [2.05, 4.69) is 9.97 Å². The summed E-state index contributed by atoms with van der Waals surface area (Å²) in [7, 11) is 0. The molecule has 0 radical (unpaired) electrons. The predicted octanol–water partition coefficient (Wildman–Crippen LogP) is 0.426. The van der Waals surface area contributed by atoms with Gasteiger partial charge in [-0.15, -0.1) is 0 Å². The summed E-state index contributed by atoms with van der Waals surface area (Å²) in [5.41, 5.74) is 6.35. The maximum absolute atomic E-state index is 10.6. The molecule has 1 aromatic heterocycles. The average molecular weight is 167 g/mol. The molecule has 1 heterocycles. The van der Waals surface area contributed by atoms with E-state index in [4.69, 9.17) is 5.73 Å². The lowest BCUT2D eigenvalue weighted by molar-refractivity contribution is 0.511. The number of rotatable bonds is 2. The van der Waals surface area contributed by atoms with Crippen molar-refractivity contribution in [3.05, 3.63) is 28.4 Å². The molecule has 0 aliphatic heterocycles. The van der Waals surface area contributed by atoms with Crippen LogP contribution in [0.5, 0.6) is 0 Å². The molecule has 0 bridgehead atoms. The molecule has 0 aromatic carbocycles. The van der Waals surface area contributed by atoms with Crippen molar-refractivity contribution < 1.29 is 0 Å². The molecule has 0 saturated carbocycles. The van der Waals surface area contributed by atoms with Crippen LogP contribution in [0, 0.1) is 5.92 Å². The predicted molar refractivity (Wildman–Crippen MR) is 46.6 cm³/mol. The highest BCUT2D eigenvalue weighted by Crippen LogP contribution is 2.15. The molecule has 1 unspecified atom stereocenters. The van der Waals surface area contributed by atoms with Crippen molar-refractivity contribution in [3.8, 4) is 0 Å². The van der Waals surface area contributed by atoms with Crippen molar-refractivity contribution in [3.63, 3.8) is 0 Å². The van der Waals surface area contributed by atoms with Gasteiger partial charge in [-0.3, -0.25) is 0 Å². The second-order valence-electron chi connectivity index (χ2n) is 3.12. The molecular weight excluding hydrogens is 154 g/mol. The number of H-pyrrole nitrogens is 1. The van der Waals surface area contributed by atoms with E-state index in [1.54, 1.807) is 6.20 Å². The first kappa shape index (κ1) is 8.93. The number of hydrogen-bond donors (Lipinski definition) is 2. The van der Waals surface area contributed by atoms with Gasteiger partial charge < -0.3 is 10.7 Å². The number of nitrogens with zero attached hydrogens (tertiary/aromatic N) is 1. The molecule has 4 nitrogen and oxygen atoms in total. The van der Waals surface area contributed by atoms with Gasteiger partial charge >= 0.3 is 5.69 Å². The summed E-state index contributed by atoms with van der Waals surface area (Å²) in [4.78, 5) is 16.7. The van der Waals surface area contributed by atoms with Crippen molar-refractivity contribution in [2.24, 2.45) is 11.7 Å². The second kappa shape index (κ2) is 3.49. The normalized spacial score (nSPS) is 13.3. The van der Waals surface area contributed by atoms with Crippen LogP contribution in [0.4, 0.5) is 0 Å². The van der Waals surface area contributed by atoms with Crippen LogP contribution in [0.3, 0.4) is 0 Å². The molecule has 0 amide bonds. The largest absolute Gasteiger partial charge is 0.344 e. The van der Waals surface area contributed by atoms with E-state index in [1.165, 1.54) is 6.20 Å². The van der Waals surface area contributed by atoms with Gasteiger partial charge in [-0.25, -0.2) is 9.78 Å². The zero-order valence-corrected chi connectivity index (χ0v) is 7.24. The lowest BCUT2D eigenvalue weighted by atomic mass is 10.00. The van der Waals surface area contributed by atoms with E-state index in [1.807, 2.05) is 13.8 Å². The van der Waals surface area contributed by atoms with Crippen LogP contribution in [0.25, 0.3) is 0 Å². The average Bonchev–Trinajstić information content (AvgIpc) is 2.04. The smallest absolute Gasteiger partial charge is 0.324 e. The Morgan fingerprint density at radius 2 is 2.25 bits per heavy atom. The summed E-state index contributed by atoms with van der Waals surface area (Å²) in [5, 5.41) is 0. The van der Waals surface area contributed by atoms with Gasteiger partial charge in [-0.05, 0) is 5.92 Å². The summed E-state index contributed by atoms with van der Waals surface area (Å²) in [6, 6.07) is -0.0608. The van der Waals surface area contributed by atoms with E-state index in [9.17, 15) is 4.79 Å². The maximum Gasteiger partial charge on any atom is 0.344 e. The van der Waals surface area contributed by atoms with Crippen molar-refractivity contribution >= 4 is 0 Å². The zero-order chi connectivity index (χ0) is 9.14.